The molecule has 0 saturated heterocycles. The predicted molar refractivity (Wildman–Crippen MR) is 104 cm³/mol. The van der Waals surface area contributed by atoms with E-state index in [1.54, 1.807) is 0 Å². The molecule has 3 aromatic rings. The summed E-state index contributed by atoms with van der Waals surface area (Å²) in [6, 6.07) is 3.61. The first kappa shape index (κ1) is 22.7. The van der Waals surface area contributed by atoms with Crippen LogP contribution in [0, 0.1) is 10.1 Å². The van der Waals surface area contributed by atoms with Gasteiger partial charge in [0.1, 0.15) is 11.3 Å². The minimum atomic E-state index is -4.81. The standard InChI is InChI=1S/C14H11N5O11S2/c15-14(16)18-17-5-8-12(19(20)21)11(6-1-3-9(28-6)31(22,23)24)13(30-8)7-2-4-10(29-7)32(25,26)27/h1-5H,(H4,15,16,18)(H,22,23,24)(H,25,26,27)/b17-5+. The van der Waals surface area contributed by atoms with Crippen molar-refractivity contribution in [1.29, 1.82) is 0 Å². The molecule has 0 aromatic carbocycles. The van der Waals surface area contributed by atoms with Gasteiger partial charge in [-0.15, -0.1) is 5.10 Å². The normalized spacial score (nSPS) is 12.3. The van der Waals surface area contributed by atoms with Crippen LogP contribution in [0.2, 0.25) is 0 Å². The Bertz CT molecular complexity index is 1470. The zero-order valence-electron chi connectivity index (χ0n) is 15.3. The van der Waals surface area contributed by atoms with E-state index in [0.29, 0.717) is 0 Å². The first-order chi connectivity index (χ1) is 14.8. The van der Waals surface area contributed by atoms with Crippen molar-refractivity contribution >= 4 is 38.1 Å². The summed E-state index contributed by atoms with van der Waals surface area (Å²) in [5.74, 6) is -2.46. The highest BCUT2D eigenvalue weighted by Gasteiger charge is 2.35. The van der Waals surface area contributed by atoms with E-state index in [9.17, 15) is 26.9 Å². The summed E-state index contributed by atoms with van der Waals surface area (Å²) in [6.45, 7) is 0. The van der Waals surface area contributed by atoms with Crippen LogP contribution in [-0.2, 0) is 20.2 Å². The van der Waals surface area contributed by atoms with Gasteiger partial charge in [-0.3, -0.25) is 19.2 Å². The molecule has 3 aromatic heterocycles. The van der Waals surface area contributed by atoms with Gasteiger partial charge < -0.3 is 24.7 Å². The third-order valence-electron chi connectivity index (χ3n) is 3.58. The van der Waals surface area contributed by atoms with Gasteiger partial charge in [0.05, 0.1) is 11.1 Å². The minimum Gasteiger partial charge on any atom is -0.443 e. The van der Waals surface area contributed by atoms with Crippen LogP contribution in [-0.4, -0.2) is 43.0 Å². The zero-order valence-corrected chi connectivity index (χ0v) is 16.9. The molecule has 170 valence electrons. The number of guanidine groups is 1. The Kier molecular flexibility index (Phi) is 5.61. The van der Waals surface area contributed by atoms with Crippen molar-refractivity contribution in [2.75, 3.05) is 0 Å². The minimum absolute atomic E-state index is 0.429. The monoisotopic (exact) mass is 489 g/mol. The van der Waals surface area contributed by atoms with Gasteiger partial charge in [-0.1, -0.05) is 0 Å². The molecule has 0 atom stereocenters. The van der Waals surface area contributed by atoms with Gasteiger partial charge in [-0.2, -0.15) is 21.9 Å². The molecule has 0 unspecified atom stereocenters. The third-order valence-corrected chi connectivity index (χ3v) is 5.04. The number of hydrogen-bond donors (Lipinski definition) is 4. The molecule has 32 heavy (non-hydrogen) atoms. The summed E-state index contributed by atoms with van der Waals surface area (Å²) < 4.78 is 78.8. The highest BCUT2D eigenvalue weighted by Crippen LogP contribution is 2.45. The second-order valence-electron chi connectivity index (χ2n) is 5.73. The topological polar surface area (TPSA) is 268 Å². The Morgan fingerprint density at radius 1 is 0.969 bits per heavy atom. The molecule has 0 spiro atoms. The smallest absolute Gasteiger partial charge is 0.328 e. The molecule has 0 saturated carbocycles. The average Bonchev–Trinajstić information content (AvgIpc) is 3.37. The summed E-state index contributed by atoms with van der Waals surface area (Å²) in [4.78, 5) is 10.8. The summed E-state index contributed by atoms with van der Waals surface area (Å²) >= 11 is 0. The van der Waals surface area contributed by atoms with E-state index in [1.807, 2.05) is 0 Å². The Morgan fingerprint density at radius 2 is 1.50 bits per heavy atom. The highest BCUT2D eigenvalue weighted by molar-refractivity contribution is 7.85. The molecule has 0 aliphatic rings. The molecule has 0 fully saturated rings. The van der Waals surface area contributed by atoms with Gasteiger partial charge in [0.25, 0.3) is 0 Å². The van der Waals surface area contributed by atoms with Crippen molar-refractivity contribution in [1.82, 2.24) is 0 Å². The van der Waals surface area contributed by atoms with Crippen LogP contribution >= 0.6 is 0 Å². The van der Waals surface area contributed by atoms with E-state index < -0.39 is 75.6 Å². The van der Waals surface area contributed by atoms with Crippen molar-refractivity contribution in [3.63, 3.8) is 0 Å². The fourth-order valence-electron chi connectivity index (χ4n) is 2.43. The molecule has 3 rings (SSSR count). The van der Waals surface area contributed by atoms with E-state index in [4.69, 9.17) is 33.8 Å². The maximum Gasteiger partial charge on any atom is 0.328 e. The van der Waals surface area contributed by atoms with Crippen LogP contribution in [0.5, 0.6) is 0 Å². The van der Waals surface area contributed by atoms with Gasteiger partial charge in [-0.25, -0.2) is 0 Å². The van der Waals surface area contributed by atoms with Crippen LogP contribution < -0.4 is 11.5 Å². The lowest BCUT2D eigenvalue weighted by Gasteiger charge is -1.97. The van der Waals surface area contributed by atoms with Gasteiger partial charge in [0, 0.05) is 0 Å². The Labute approximate surface area is 177 Å². The highest BCUT2D eigenvalue weighted by atomic mass is 32.2. The summed E-state index contributed by atoms with van der Waals surface area (Å²) in [6.07, 6.45) is 0.740. The molecular weight excluding hydrogens is 478 g/mol. The summed E-state index contributed by atoms with van der Waals surface area (Å²) in [7, 11) is -9.58. The van der Waals surface area contributed by atoms with Crippen LogP contribution in [0.3, 0.4) is 0 Å². The fourth-order valence-corrected chi connectivity index (χ4v) is 3.30. The Balaban J connectivity index is 2.33. The first-order valence-corrected chi connectivity index (χ1v) is 10.8. The quantitative estimate of drug-likeness (QED) is 0.118. The molecule has 3 heterocycles. The first-order valence-electron chi connectivity index (χ1n) is 7.87. The van der Waals surface area contributed by atoms with Crippen LogP contribution in [0.25, 0.3) is 22.8 Å². The second-order valence-corrected chi connectivity index (χ2v) is 8.44. The van der Waals surface area contributed by atoms with E-state index >= 15 is 0 Å². The number of furan rings is 3. The molecule has 18 heteroatoms. The number of nitro groups is 1. The molecule has 0 bridgehead atoms. The van der Waals surface area contributed by atoms with Gasteiger partial charge in [0.15, 0.2) is 11.5 Å². The maximum atomic E-state index is 11.7. The number of hydrogen-bond acceptors (Lipinski definition) is 11. The summed E-state index contributed by atoms with van der Waals surface area (Å²) in [5, 5.41) is 16.6. The molecular formula is C14H11N5O11S2. The van der Waals surface area contributed by atoms with Crippen LogP contribution in [0.1, 0.15) is 5.76 Å². The third kappa shape index (κ3) is 4.51. The van der Waals surface area contributed by atoms with E-state index in [2.05, 4.69) is 10.2 Å². The lowest BCUT2D eigenvalue weighted by molar-refractivity contribution is -0.384. The van der Waals surface area contributed by atoms with Crippen molar-refractivity contribution < 1.29 is 44.1 Å². The Hall–Kier alpha value is -4.00. The fraction of sp³-hybridized carbons (Fsp3) is 0. The number of nitrogens with two attached hydrogens (primary N) is 2. The van der Waals surface area contributed by atoms with Crippen molar-refractivity contribution in [2.24, 2.45) is 21.7 Å². The number of nitrogens with zero attached hydrogens (tertiary/aromatic N) is 3. The lowest BCUT2D eigenvalue weighted by atomic mass is 10.1. The van der Waals surface area contributed by atoms with Crippen LogP contribution in [0.15, 0.2) is 57.9 Å². The van der Waals surface area contributed by atoms with Gasteiger partial charge >= 0.3 is 25.9 Å². The molecule has 0 radical (unpaired) electrons. The lowest BCUT2D eigenvalue weighted by Crippen LogP contribution is -2.21. The second kappa shape index (κ2) is 7.92. The maximum absolute atomic E-state index is 11.7. The molecule has 6 N–H and O–H groups in total. The van der Waals surface area contributed by atoms with Crippen molar-refractivity contribution in [3.05, 3.63) is 40.1 Å². The SMILES string of the molecule is NC(N)=N/N=C/c1oc(-c2ccc(S(=O)(=O)O)o2)c(-c2ccc(S(=O)(=O)O)o2)c1[N+](=O)[O-]. The predicted octanol–water partition coefficient (Wildman–Crippen LogP) is 0.809. The molecule has 16 nitrogen and oxygen atoms in total. The van der Waals surface area contributed by atoms with E-state index in [1.165, 1.54) is 0 Å². The van der Waals surface area contributed by atoms with Crippen molar-refractivity contribution in [2.45, 2.75) is 10.2 Å². The van der Waals surface area contributed by atoms with Gasteiger partial charge in [0.2, 0.25) is 21.9 Å². The van der Waals surface area contributed by atoms with E-state index in [0.717, 1.165) is 30.5 Å². The Morgan fingerprint density at radius 3 is 1.97 bits per heavy atom. The molecule has 0 amide bonds. The van der Waals surface area contributed by atoms with Gasteiger partial charge in [-0.05, 0) is 24.3 Å². The molecule has 0 aliphatic carbocycles. The average molecular weight is 489 g/mol. The molecule has 0 aliphatic heterocycles. The van der Waals surface area contributed by atoms with Crippen molar-refractivity contribution in [3.8, 4) is 22.8 Å². The van der Waals surface area contributed by atoms with E-state index in [-0.39, 0.29) is 0 Å². The largest absolute Gasteiger partial charge is 0.443 e. The number of rotatable bonds is 7. The summed E-state index contributed by atoms with van der Waals surface area (Å²) in [5.41, 5.74) is 8.90. The zero-order chi connectivity index (χ0) is 23.8. The van der Waals surface area contributed by atoms with Crippen LogP contribution in [0.4, 0.5) is 5.69 Å².